The van der Waals surface area contributed by atoms with E-state index in [2.05, 4.69) is 22.1 Å². The molecule has 0 aliphatic rings. The highest BCUT2D eigenvalue weighted by molar-refractivity contribution is 5.99. The molecule has 1 amide bonds. The molecule has 0 aliphatic carbocycles. The van der Waals surface area contributed by atoms with Gasteiger partial charge in [0.05, 0.1) is 11.9 Å². The van der Waals surface area contributed by atoms with E-state index >= 15 is 0 Å². The van der Waals surface area contributed by atoms with E-state index < -0.39 is 0 Å². The molecular formula is C18H24N6O. The Morgan fingerprint density at radius 2 is 1.96 bits per heavy atom. The maximum absolute atomic E-state index is 13.0. The Bertz CT molecular complexity index is 952. The molecular weight excluding hydrogens is 316 g/mol. The van der Waals surface area contributed by atoms with Gasteiger partial charge in [-0.25, -0.2) is 9.50 Å². The number of amides is 1. The molecule has 3 aromatic heterocycles. The maximum Gasteiger partial charge on any atom is 0.259 e. The van der Waals surface area contributed by atoms with Crippen molar-refractivity contribution in [1.82, 2.24) is 29.3 Å². The molecule has 0 saturated carbocycles. The topological polar surface area (TPSA) is 68.3 Å². The third-order valence-corrected chi connectivity index (χ3v) is 4.58. The van der Waals surface area contributed by atoms with Gasteiger partial charge in [-0.15, -0.1) is 0 Å². The first-order valence-electron chi connectivity index (χ1n) is 8.43. The fourth-order valence-electron chi connectivity index (χ4n) is 3.21. The van der Waals surface area contributed by atoms with Gasteiger partial charge in [0.1, 0.15) is 5.56 Å². The first kappa shape index (κ1) is 17.1. The van der Waals surface area contributed by atoms with Crippen molar-refractivity contribution in [2.45, 2.75) is 47.7 Å². The predicted octanol–water partition coefficient (Wildman–Crippen LogP) is 2.45. The van der Waals surface area contributed by atoms with Crippen LogP contribution < -0.4 is 0 Å². The van der Waals surface area contributed by atoms with Crippen LogP contribution in [0, 0.1) is 27.7 Å². The summed E-state index contributed by atoms with van der Waals surface area (Å²) in [5.74, 6) is -0.0875. The van der Waals surface area contributed by atoms with Gasteiger partial charge in [0.15, 0.2) is 5.65 Å². The summed E-state index contributed by atoms with van der Waals surface area (Å²) in [7, 11) is 1.80. The lowest BCUT2D eigenvalue weighted by molar-refractivity contribution is 0.0786. The van der Waals surface area contributed by atoms with Crippen molar-refractivity contribution in [1.29, 1.82) is 0 Å². The van der Waals surface area contributed by atoms with E-state index in [1.807, 2.05) is 38.4 Å². The Morgan fingerprint density at radius 1 is 1.24 bits per heavy atom. The number of aromatic nitrogens is 5. The summed E-state index contributed by atoms with van der Waals surface area (Å²) in [5.41, 5.74) is 6.11. The van der Waals surface area contributed by atoms with E-state index in [1.54, 1.807) is 22.7 Å². The largest absolute Gasteiger partial charge is 0.337 e. The average Bonchev–Trinajstić information content (AvgIpc) is 3.10. The molecule has 0 unspecified atom stereocenters. The van der Waals surface area contributed by atoms with E-state index in [4.69, 9.17) is 0 Å². The van der Waals surface area contributed by atoms with Gasteiger partial charge in [-0.05, 0) is 40.7 Å². The fraction of sp³-hybridized carbons (Fsp3) is 0.444. The lowest BCUT2D eigenvalue weighted by Crippen LogP contribution is -2.26. The predicted molar refractivity (Wildman–Crippen MR) is 95.6 cm³/mol. The lowest BCUT2D eigenvalue weighted by atomic mass is 10.1. The molecule has 0 aromatic carbocycles. The van der Waals surface area contributed by atoms with Gasteiger partial charge in [-0.3, -0.25) is 9.48 Å². The van der Waals surface area contributed by atoms with Crippen LogP contribution >= 0.6 is 0 Å². The second-order valence-electron chi connectivity index (χ2n) is 6.46. The minimum atomic E-state index is -0.0875. The summed E-state index contributed by atoms with van der Waals surface area (Å²) in [6.07, 6.45) is 1.60. The highest BCUT2D eigenvalue weighted by Gasteiger charge is 2.21. The van der Waals surface area contributed by atoms with Crippen LogP contribution in [0.2, 0.25) is 0 Å². The zero-order valence-electron chi connectivity index (χ0n) is 15.7. The molecule has 7 nitrogen and oxygen atoms in total. The molecule has 0 atom stereocenters. The van der Waals surface area contributed by atoms with E-state index in [0.29, 0.717) is 17.8 Å². The van der Waals surface area contributed by atoms with E-state index in [9.17, 15) is 4.79 Å². The molecule has 0 N–H and O–H groups in total. The maximum atomic E-state index is 13.0. The van der Waals surface area contributed by atoms with Crippen LogP contribution in [0.3, 0.4) is 0 Å². The summed E-state index contributed by atoms with van der Waals surface area (Å²) in [6, 6.07) is 1.95. The molecule has 25 heavy (non-hydrogen) atoms. The van der Waals surface area contributed by atoms with Gasteiger partial charge in [0.25, 0.3) is 5.91 Å². The van der Waals surface area contributed by atoms with Gasteiger partial charge in [-0.2, -0.15) is 10.2 Å². The van der Waals surface area contributed by atoms with Crippen LogP contribution in [-0.4, -0.2) is 42.2 Å². The number of nitrogens with zero attached hydrogens (tertiary/aromatic N) is 6. The fourth-order valence-corrected chi connectivity index (χ4v) is 3.21. The zero-order valence-corrected chi connectivity index (χ0v) is 15.7. The molecule has 0 aliphatic heterocycles. The van der Waals surface area contributed by atoms with Gasteiger partial charge >= 0.3 is 0 Å². The molecule has 3 aromatic rings. The molecule has 3 rings (SSSR count). The number of rotatable bonds is 4. The minimum Gasteiger partial charge on any atom is -0.337 e. The van der Waals surface area contributed by atoms with Crippen LogP contribution in [0.15, 0.2) is 12.3 Å². The standard InChI is InChI=1S/C18H24N6O/c1-7-23-14(5)16(13(4)21-23)10-22(6)18(25)15-9-19-24-12(3)8-11(2)20-17(15)24/h8-9H,7,10H2,1-6H3. The highest BCUT2D eigenvalue weighted by atomic mass is 16.2. The number of fused-ring (bicyclic) bond motifs is 1. The summed E-state index contributed by atoms with van der Waals surface area (Å²) >= 11 is 0. The summed E-state index contributed by atoms with van der Waals surface area (Å²) in [6.45, 7) is 11.3. The van der Waals surface area contributed by atoms with E-state index in [-0.39, 0.29) is 5.91 Å². The Hall–Kier alpha value is -2.70. The summed E-state index contributed by atoms with van der Waals surface area (Å²) in [5, 5.41) is 8.84. The number of hydrogen-bond acceptors (Lipinski definition) is 4. The molecule has 3 heterocycles. The normalized spacial score (nSPS) is 11.3. The summed E-state index contributed by atoms with van der Waals surface area (Å²) in [4.78, 5) is 19.1. The second-order valence-corrected chi connectivity index (χ2v) is 6.46. The van der Waals surface area contributed by atoms with Crippen LogP contribution in [0.25, 0.3) is 5.65 Å². The van der Waals surface area contributed by atoms with E-state index in [1.165, 1.54) is 0 Å². The van der Waals surface area contributed by atoms with Crippen molar-refractivity contribution in [3.63, 3.8) is 0 Å². The molecule has 0 fully saturated rings. The van der Waals surface area contributed by atoms with Crippen molar-refractivity contribution >= 4 is 11.6 Å². The quantitative estimate of drug-likeness (QED) is 0.731. The monoisotopic (exact) mass is 340 g/mol. The number of hydrogen-bond donors (Lipinski definition) is 0. The SMILES string of the molecule is CCn1nc(C)c(CN(C)C(=O)c2cnn3c(C)cc(C)nc23)c1C. The van der Waals surface area contributed by atoms with Crippen molar-refractivity contribution < 1.29 is 4.79 Å². The average molecular weight is 340 g/mol. The highest BCUT2D eigenvalue weighted by Crippen LogP contribution is 2.18. The van der Waals surface area contributed by atoms with Crippen LogP contribution in [0.1, 0.15) is 45.6 Å². The van der Waals surface area contributed by atoms with Crippen LogP contribution in [0.5, 0.6) is 0 Å². The van der Waals surface area contributed by atoms with Crippen molar-refractivity contribution in [2.75, 3.05) is 7.05 Å². The van der Waals surface area contributed by atoms with Crippen molar-refractivity contribution in [3.05, 3.63) is 46.2 Å². The van der Waals surface area contributed by atoms with Crippen molar-refractivity contribution in [2.24, 2.45) is 0 Å². The summed E-state index contributed by atoms with van der Waals surface area (Å²) < 4.78 is 3.67. The Kier molecular flexibility index (Phi) is 4.32. The number of carbonyl (C=O) groups excluding carboxylic acids is 1. The molecule has 0 saturated heterocycles. The van der Waals surface area contributed by atoms with Crippen LogP contribution in [-0.2, 0) is 13.1 Å². The Morgan fingerprint density at radius 3 is 2.60 bits per heavy atom. The number of carbonyl (C=O) groups is 1. The lowest BCUT2D eigenvalue weighted by Gasteiger charge is -2.17. The van der Waals surface area contributed by atoms with Gasteiger partial charge in [0, 0.05) is 42.8 Å². The van der Waals surface area contributed by atoms with Crippen LogP contribution in [0.4, 0.5) is 0 Å². The first-order chi connectivity index (χ1) is 11.8. The zero-order chi connectivity index (χ0) is 18.3. The van der Waals surface area contributed by atoms with Gasteiger partial charge < -0.3 is 4.90 Å². The van der Waals surface area contributed by atoms with E-state index in [0.717, 1.165) is 34.9 Å². The first-order valence-corrected chi connectivity index (χ1v) is 8.43. The Labute approximate surface area is 147 Å². The Balaban J connectivity index is 1.93. The van der Waals surface area contributed by atoms with Gasteiger partial charge in [0.2, 0.25) is 0 Å². The third-order valence-electron chi connectivity index (χ3n) is 4.58. The molecule has 0 bridgehead atoms. The minimum absolute atomic E-state index is 0.0875. The second kappa shape index (κ2) is 6.31. The molecule has 132 valence electrons. The van der Waals surface area contributed by atoms with Crippen molar-refractivity contribution in [3.8, 4) is 0 Å². The molecule has 0 spiro atoms. The third kappa shape index (κ3) is 2.90. The smallest absolute Gasteiger partial charge is 0.259 e. The number of aryl methyl sites for hydroxylation is 4. The van der Waals surface area contributed by atoms with Gasteiger partial charge in [-0.1, -0.05) is 0 Å². The molecule has 0 radical (unpaired) electrons. The molecule has 7 heteroatoms.